The summed E-state index contributed by atoms with van der Waals surface area (Å²) in [5.41, 5.74) is -0.214. The topological polar surface area (TPSA) is 72.8 Å². The van der Waals surface area contributed by atoms with Crippen molar-refractivity contribution in [3.63, 3.8) is 0 Å². The number of hydrogen-bond acceptors (Lipinski definition) is 6. The Kier molecular flexibility index (Phi) is 6.28. The van der Waals surface area contributed by atoms with Crippen molar-refractivity contribution in [3.8, 4) is 0 Å². The average molecular weight is 470 g/mol. The molecule has 32 heavy (non-hydrogen) atoms. The summed E-state index contributed by atoms with van der Waals surface area (Å²) in [6, 6.07) is 7.35. The van der Waals surface area contributed by atoms with E-state index < -0.39 is 18.0 Å². The number of aryl methyl sites for hydroxylation is 1. The molecule has 1 aromatic heterocycles. The van der Waals surface area contributed by atoms with Crippen molar-refractivity contribution in [1.82, 2.24) is 19.8 Å². The van der Waals surface area contributed by atoms with E-state index in [-0.39, 0.29) is 30.1 Å². The van der Waals surface area contributed by atoms with Crippen molar-refractivity contribution in [3.05, 3.63) is 52.3 Å². The van der Waals surface area contributed by atoms with Gasteiger partial charge in [-0.2, -0.15) is 13.2 Å². The van der Waals surface area contributed by atoms with Crippen LogP contribution >= 0.6 is 11.6 Å². The smallest absolute Gasteiger partial charge is 0.390 e. The standard InChI is InChI=1S/C21H23ClF3N5O2/c1-13-10-18(21(23,24)25)27-20(26-13)30-11-16(17(31)12-30)28-6-8-29(9-7-28)19(32)14-2-4-15(22)5-3-14/h2-5,10,16-17,31H,6-9,11-12H2,1H3/t16-,17-/m0/s1. The number of aromatic nitrogens is 2. The van der Waals surface area contributed by atoms with Crippen molar-refractivity contribution in [1.29, 1.82) is 0 Å². The van der Waals surface area contributed by atoms with Crippen molar-refractivity contribution < 1.29 is 23.1 Å². The van der Waals surface area contributed by atoms with Crippen LogP contribution in [0.2, 0.25) is 5.02 Å². The van der Waals surface area contributed by atoms with Crippen molar-refractivity contribution in [2.24, 2.45) is 0 Å². The first-order chi connectivity index (χ1) is 15.1. The number of aliphatic hydroxyl groups is 1. The van der Waals surface area contributed by atoms with E-state index in [0.717, 1.165) is 6.07 Å². The summed E-state index contributed by atoms with van der Waals surface area (Å²) >= 11 is 5.88. The number of hydrogen-bond donors (Lipinski definition) is 1. The van der Waals surface area contributed by atoms with Crippen LogP contribution in [0, 0.1) is 6.92 Å². The zero-order valence-corrected chi connectivity index (χ0v) is 18.1. The van der Waals surface area contributed by atoms with Crippen LogP contribution in [0.15, 0.2) is 30.3 Å². The molecule has 0 unspecified atom stereocenters. The SMILES string of the molecule is Cc1cc(C(F)(F)F)nc(N2C[C@H](O)[C@@H](N3CCN(C(=O)c4ccc(Cl)cc4)CC3)C2)n1. The molecular weight excluding hydrogens is 447 g/mol. The molecule has 1 aromatic carbocycles. The third kappa shape index (κ3) is 4.82. The van der Waals surface area contributed by atoms with Crippen molar-refractivity contribution in [2.45, 2.75) is 25.2 Å². The van der Waals surface area contributed by atoms with Gasteiger partial charge in [-0.05, 0) is 37.3 Å². The second-order valence-electron chi connectivity index (χ2n) is 8.07. The fourth-order valence-corrected chi connectivity index (χ4v) is 4.29. The number of halogens is 4. The van der Waals surface area contributed by atoms with Gasteiger partial charge in [-0.3, -0.25) is 9.69 Å². The monoisotopic (exact) mass is 469 g/mol. The highest BCUT2D eigenvalue weighted by molar-refractivity contribution is 6.30. The molecule has 1 amide bonds. The van der Waals surface area contributed by atoms with E-state index in [1.165, 1.54) is 6.92 Å². The lowest BCUT2D eigenvalue weighted by molar-refractivity contribution is -0.141. The van der Waals surface area contributed by atoms with E-state index in [0.29, 0.717) is 43.3 Å². The molecule has 2 atom stereocenters. The highest BCUT2D eigenvalue weighted by atomic mass is 35.5. The number of carbonyl (C=O) groups excluding carboxylic acids is 1. The van der Waals surface area contributed by atoms with Gasteiger partial charge >= 0.3 is 6.18 Å². The van der Waals surface area contributed by atoms with Crippen LogP contribution in [-0.4, -0.2) is 82.2 Å². The first-order valence-electron chi connectivity index (χ1n) is 10.3. The van der Waals surface area contributed by atoms with Crippen LogP contribution in [0.4, 0.5) is 19.1 Å². The van der Waals surface area contributed by atoms with Gasteiger partial charge in [0.1, 0.15) is 5.69 Å². The lowest BCUT2D eigenvalue weighted by Gasteiger charge is -2.38. The summed E-state index contributed by atoms with van der Waals surface area (Å²) in [4.78, 5) is 25.9. The molecule has 2 aliphatic heterocycles. The Hall–Kier alpha value is -2.43. The minimum atomic E-state index is -4.56. The lowest BCUT2D eigenvalue weighted by Crippen LogP contribution is -2.54. The van der Waals surface area contributed by atoms with E-state index >= 15 is 0 Å². The molecule has 0 aliphatic carbocycles. The Morgan fingerprint density at radius 2 is 1.75 bits per heavy atom. The van der Waals surface area contributed by atoms with Crippen LogP contribution in [0.3, 0.4) is 0 Å². The van der Waals surface area contributed by atoms with Crippen molar-refractivity contribution in [2.75, 3.05) is 44.2 Å². The number of benzene rings is 1. The quantitative estimate of drug-likeness (QED) is 0.744. The van der Waals surface area contributed by atoms with Gasteiger partial charge in [0.15, 0.2) is 0 Å². The molecule has 2 fully saturated rings. The van der Waals surface area contributed by atoms with Gasteiger partial charge in [0.05, 0.1) is 12.1 Å². The minimum Gasteiger partial charge on any atom is -0.390 e. The summed E-state index contributed by atoms with van der Waals surface area (Å²) in [5.74, 6) is -0.113. The molecule has 0 spiro atoms. The molecule has 1 N–H and O–H groups in total. The number of alkyl halides is 3. The van der Waals surface area contributed by atoms with Gasteiger partial charge in [-0.1, -0.05) is 11.6 Å². The van der Waals surface area contributed by atoms with Crippen LogP contribution in [0.5, 0.6) is 0 Å². The molecule has 0 bridgehead atoms. The normalized spacial score (nSPS) is 22.4. The van der Waals surface area contributed by atoms with E-state index in [1.807, 2.05) is 0 Å². The predicted molar refractivity (Wildman–Crippen MR) is 113 cm³/mol. The number of anilines is 1. The van der Waals surface area contributed by atoms with Crippen LogP contribution in [0.1, 0.15) is 21.7 Å². The maximum absolute atomic E-state index is 13.1. The Bertz CT molecular complexity index is 980. The number of carbonyl (C=O) groups is 1. The fourth-order valence-electron chi connectivity index (χ4n) is 4.16. The first-order valence-corrected chi connectivity index (χ1v) is 10.6. The van der Waals surface area contributed by atoms with E-state index in [4.69, 9.17) is 11.6 Å². The molecule has 0 radical (unpaired) electrons. The summed E-state index contributed by atoms with van der Waals surface area (Å²) in [5, 5.41) is 11.2. The van der Waals surface area contributed by atoms with Crippen LogP contribution in [-0.2, 0) is 6.18 Å². The third-order valence-electron chi connectivity index (χ3n) is 5.84. The van der Waals surface area contributed by atoms with Gasteiger partial charge in [0.2, 0.25) is 5.95 Å². The second kappa shape index (κ2) is 8.84. The number of aliphatic hydroxyl groups excluding tert-OH is 1. The molecule has 3 heterocycles. The molecule has 172 valence electrons. The first kappa shape index (κ1) is 22.8. The van der Waals surface area contributed by atoms with E-state index in [2.05, 4.69) is 14.9 Å². The molecular formula is C21H23ClF3N5O2. The van der Waals surface area contributed by atoms with E-state index in [9.17, 15) is 23.1 Å². The van der Waals surface area contributed by atoms with Gasteiger partial charge in [0.25, 0.3) is 5.91 Å². The number of nitrogens with zero attached hydrogens (tertiary/aromatic N) is 5. The Labute approximate surface area is 188 Å². The third-order valence-corrected chi connectivity index (χ3v) is 6.09. The summed E-state index contributed by atoms with van der Waals surface area (Å²) < 4.78 is 39.4. The van der Waals surface area contributed by atoms with Gasteiger partial charge < -0.3 is 14.9 Å². The van der Waals surface area contributed by atoms with E-state index in [1.54, 1.807) is 34.1 Å². The largest absolute Gasteiger partial charge is 0.433 e. The Morgan fingerprint density at radius 3 is 2.38 bits per heavy atom. The number of β-amino-alcohol motifs (C(OH)–C–C–N with tert-alkyl or cyclic N) is 1. The Morgan fingerprint density at radius 1 is 1.09 bits per heavy atom. The number of amides is 1. The molecule has 2 aromatic rings. The minimum absolute atomic E-state index is 0.0320. The van der Waals surface area contributed by atoms with Crippen LogP contribution in [0.25, 0.3) is 0 Å². The van der Waals surface area contributed by atoms with Crippen molar-refractivity contribution >= 4 is 23.5 Å². The summed E-state index contributed by atoms with van der Waals surface area (Å²) in [7, 11) is 0. The lowest BCUT2D eigenvalue weighted by atomic mass is 10.1. The average Bonchev–Trinajstić information content (AvgIpc) is 3.14. The maximum Gasteiger partial charge on any atom is 0.433 e. The molecule has 2 saturated heterocycles. The maximum atomic E-state index is 13.1. The number of piperazine rings is 1. The summed E-state index contributed by atoms with van der Waals surface area (Å²) in [6.07, 6.45) is -5.32. The van der Waals surface area contributed by atoms with Gasteiger partial charge in [0, 0.05) is 55.5 Å². The fraction of sp³-hybridized carbons (Fsp3) is 0.476. The molecule has 11 heteroatoms. The Balaban J connectivity index is 1.39. The summed E-state index contributed by atoms with van der Waals surface area (Å²) in [6.45, 7) is 4.03. The molecule has 0 saturated carbocycles. The molecule has 7 nitrogen and oxygen atoms in total. The van der Waals surface area contributed by atoms with Crippen LogP contribution < -0.4 is 4.90 Å². The predicted octanol–water partition coefficient (Wildman–Crippen LogP) is 2.46. The highest BCUT2D eigenvalue weighted by Crippen LogP contribution is 2.30. The van der Waals surface area contributed by atoms with Gasteiger partial charge in [-0.15, -0.1) is 0 Å². The zero-order valence-electron chi connectivity index (χ0n) is 17.4. The molecule has 4 rings (SSSR count). The number of rotatable bonds is 3. The second-order valence-corrected chi connectivity index (χ2v) is 8.50. The highest BCUT2D eigenvalue weighted by Gasteiger charge is 2.40. The van der Waals surface area contributed by atoms with Gasteiger partial charge in [-0.25, -0.2) is 9.97 Å². The zero-order chi connectivity index (χ0) is 23.0. The molecule has 2 aliphatic rings.